The van der Waals surface area contributed by atoms with Gasteiger partial charge >= 0.3 is 12.1 Å². The summed E-state index contributed by atoms with van der Waals surface area (Å²) >= 11 is 0. The number of carbonyl (C=O) groups is 1. The van der Waals surface area contributed by atoms with Crippen LogP contribution in [0, 0.1) is 0 Å². The van der Waals surface area contributed by atoms with Gasteiger partial charge in [-0.2, -0.15) is 13.2 Å². The summed E-state index contributed by atoms with van der Waals surface area (Å²) in [7, 11) is 0.808. The number of aliphatic hydroxyl groups is 1. The summed E-state index contributed by atoms with van der Waals surface area (Å²) in [6, 6.07) is 6.20. The van der Waals surface area contributed by atoms with Gasteiger partial charge in [0.2, 0.25) is 0 Å². The number of aromatic nitrogens is 1. The molecule has 2 N–H and O–H groups in total. The number of hydrogen-bond acceptors (Lipinski definition) is 3. The quantitative estimate of drug-likeness (QED) is 0.855. The normalized spacial score (nSPS) is 15.1. The maximum Gasteiger partial charge on any atom is 0.432 e. The third-order valence-corrected chi connectivity index (χ3v) is 3.57. The second kappa shape index (κ2) is 5.31. The zero-order chi connectivity index (χ0) is 16.7. The number of fused-ring (bicyclic) bond motifs is 1. The summed E-state index contributed by atoms with van der Waals surface area (Å²) in [4.78, 5) is 14.6. The van der Waals surface area contributed by atoms with Crippen molar-refractivity contribution >= 4 is 16.9 Å². The van der Waals surface area contributed by atoms with Crippen LogP contribution in [-0.2, 0) is 15.1 Å². The van der Waals surface area contributed by atoms with E-state index in [2.05, 4.69) is 9.72 Å². The van der Waals surface area contributed by atoms with Crippen LogP contribution in [-0.4, -0.2) is 29.3 Å². The molecule has 7 heteroatoms. The number of ether oxygens (including phenoxy) is 1. The molecule has 0 aliphatic carbocycles. The molecule has 0 saturated heterocycles. The number of hydrogen-bond donors (Lipinski definition) is 2. The Bertz CT molecular complexity index is 706. The lowest BCUT2D eigenvalue weighted by molar-refractivity contribution is -0.266. The summed E-state index contributed by atoms with van der Waals surface area (Å²) in [6.45, 7) is 3.34. The van der Waals surface area contributed by atoms with Crippen LogP contribution in [0.1, 0.15) is 31.0 Å². The van der Waals surface area contributed by atoms with E-state index in [1.807, 2.05) is 0 Å². The standard InChI is InChI=1S/C15H16F3NO3/c1-8(2)12-11(9-6-4-5-7-10(9)19-12)14(21,13(20)22-3)15(16,17)18/h4-8,19,21H,1-3H3. The summed E-state index contributed by atoms with van der Waals surface area (Å²) in [5.41, 5.74) is -3.67. The fraction of sp³-hybridized carbons (Fsp3) is 0.400. The molecule has 1 heterocycles. The number of carbonyl (C=O) groups excluding carboxylic acids is 1. The fourth-order valence-corrected chi connectivity index (χ4v) is 2.49. The Hall–Kier alpha value is -2.02. The number of H-pyrrole nitrogens is 1. The Morgan fingerprint density at radius 3 is 2.36 bits per heavy atom. The highest BCUT2D eigenvalue weighted by atomic mass is 19.4. The molecule has 22 heavy (non-hydrogen) atoms. The van der Waals surface area contributed by atoms with Crippen molar-refractivity contribution in [3.63, 3.8) is 0 Å². The number of methoxy groups -OCH3 is 1. The van der Waals surface area contributed by atoms with Crippen LogP contribution >= 0.6 is 0 Å². The maximum atomic E-state index is 13.5. The van der Waals surface area contributed by atoms with E-state index in [1.54, 1.807) is 26.0 Å². The van der Waals surface area contributed by atoms with Gasteiger partial charge in [-0.05, 0) is 12.0 Å². The van der Waals surface area contributed by atoms with Crippen molar-refractivity contribution < 1.29 is 27.8 Å². The minimum Gasteiger partial charge on any atom is -0.466 e. The molecule has 1 atom stereocenters. The highest BCUT2D eigenvalue weighted by molar-refractivity contribution is 5.93. The molecule has 1 aromatic carbocycles. The molecule has 0 amide bonds. The summed E-state index contributed by atoms with van der Waals surface area (Å²) in [6.07, 6.45) is -5.21. The molecular weight excluding hydrogens is 299 g/mol. The lowest BCUT2D eigenvalue weighted by atomic mass is 9.87. The molecule has 4 nitrogen and oxygen atoms in total. The minimum atomic E-state index is -5.21. The zero-order valence-electron chi connectivity index (χ0n) is 12.3. The minimum absolute atomic E-state index is 0.136. The van der Waals surface area contributed by atoms with Crippen LogP contribution in [0.4, 0.5) is 13.2 Å². The van der Waals surface area contributed by atoms with E-state index in [0.29, 0.717) is 5.52 Å². The van der Waals surface area contributed by atoms with Gasteiger partial charge in [0.05, 0.1) is 7.11 Å². The van der Waals surface area contributed by atoms with Gasteiger partial charge in [0.15, 0.2) is 0 Å². The van der Waals surface area contributed by atoms with E-state index in [-0.39, 0.29) is 17.0 Å². The van der Waals surface area contributed by atoms with Crippen molar-refractivity contribution in [3.8, 4) is 0 Å². The Morgan fingerprint density at radius 1 is 1.27 bits per heavy atom. The van der Waals surface area contributed by atoms with Crippen LogP contribution < -0.4 is 0 Å². The van der Waals surface area contributed by atoms with Crippen molar-refractivity contribution in [2.24, 2.45) is 0 Å². The Labute approximate surface area is 124 Å². The van der Waals surface area contributed by atoms with Gasteiger partial charge < -0.3 is 14.8 Å². The third kappa shape index (κ3) is 2.25. The topological polar surface area (TPSA) is 62.3 Å². The first-order valence-corrected chi connectivity index (χ1v) is 6.63. The summed E-state index contributed by atoms with van der Waals surface area (Å²) in [5.74, 6) is -2.12. The van der Waals surface area contributed by atoms with Gasteiger partial charge in [0.25, 0.3) is 5.60 Å². The van der Waals surface area contributed by atoms with Crippen LogP contribution in [0.15, 0.2) is 24.3 Å². The summed E-state index contributed by atoms with van der Waals surface area (Å²) < 4.78 is 44.8. The molecule has 0 fully saturated rings. The highest BCUT2D eigenvalue weighted by Gasteiger charge is 2.63. The third-order valence-electron chi connectivity index (χ3n) is 3.57. The first kappa shape index (κ1) is 16.4. The predicted octanol–water partition coefficient (Wildman–Crippen LogP) is 3.21. The first-order valence-electron chi connectivity index (χ1n) is 6.63. The molecule has 0 aliphatic heterocycles. The predicted molar refractivity (Wildman–Crippen MR) is 74.4 cm³/mol. The van der Waals surface area contributed by atoms with Crippen molar-refractivity contribution in [1.29, 1.82) is 0 Å². The van der Waals surface area contributed by atoms with Gasteiger partial charge in [-0.25, -0.2) is 4.79 Å². The number of halogens is 3. The van der Waals surface area contributed by atoms with Crippen molar-refractivity contribution in [2.75, 3.05) is 7.11 Å². The van der Waals surface area contributed by atoms with E-state index in [0.717, 1.165) is 7.11 Å². The highest BCUT2D eigenvalue weighted by Crippen LogP contribution is 2.45. The lowest BCUT2D eigenvalue weighted by Gasteiger charge is -2.29. The van der Waals surface area contributed by atoms with Gasteiger partial charge in [0.1, 0.15) is 0 Å². The van der Waals surface area contributed by atoms with E-state index >= 15 is 0 Å². The average molecular weight is 315 g/mol. The van der Waals surface area contributed by atoms with E-state index in [1.165, 1.54) is 12.1 Å². The molecule has 0 bridgehead atoms. The van der Waals surface area contributed by atoms with Gasteiger partial charge in [-0.1, -0.05) is 32.0 Å². The number of esters is 1. The summed E-state index contributed by atoms with van der Waals surface area (Å²) in [5, 5.41) is 10.4. The molecule has 0 aliphatic rings. The van der Waals surface area contributed by atoms with Crippen LogP contribution in [0.25, 0.3) is 10.9 Å². The molecule has 120 valence electrons. The first-order chi connectivity index (χ1) is 10.1. The molecule has 0 spiro atoms. The van der Waals surface area contributed by atoms with Gasteiger partial charge in [-0.15, -0.1) is 0 Å². The largest absolute Gasteiger partial charge is 0.466 e. The number of rotatable bonds is 3. The molecule has 1 unspecified atom stereocenters. The zero-order valence-corrected chi connectivity index (χ0v) is 12.3. The number of para-hydroxylation sites is 1. The average Bonchev–Trinajstić information content (AvgIpc) is 2.84. The van der Waals surface area contributed by atoms with E-state index in [4.69, 9.17) is 0 Å². The second-order valence-electron chi connectivity index (χ2n) is 5.31. The lowest BCUT2D eigenvalue weighted by Crippen LogP contribution is -2.50. The Morgan fingerprint density at radius 2 is 1.86 bits per heavy atom. The van der Waals surface area contributed by atoms with Gasteiger partial charge in [-0.3, -0.25) is 0 Å². The molecular formula is C15H16F3NO3. The number of nitrogens with one attached hydrogen (secondary N) is 1. The smallest absolute Gasteiger partial charge is 0.432 e. The molecule has 0 radical (unpaired) electrons. The number of alkyl halides is 3. The Kier molecular flexibility index (Phi) is 3.95. The fourth-order valence-electron chi connectivity index (χ4n) is 2.49. The maximum absolute atomic E-state index is 13.5. The molecule has 1 aromatic heterocycles. The van der Waals surface area contributed by atoms with Crippen molar-refractivity contribution in [2.45, 2.75) is 31.5 Å². The van der Waals surface area contributed by atoms with E-state index < -0.39 is 23.3 Å². The van der Waals surface area contributed by atoms with Crippen molar-refractivity contribution in [1.82, 2.24) is 4.98 Å². The van der Waals surface area contributed by atoms with E-state index in [9.17, 15) is 23.1 Å². The van der Waals surface area contributed by atoms with Crippen LogP contribution in [0.5, 0.6) is 0 Å². The van der Waals surface area contributed by atoms with Crippen molar-refractivity contribution in [3.05, 3.63) is 35.5 Å². The van der Waals surface area contributed by atoms with Crippen LogP contribution in [0.3, 0.4) is 0 Å². The monoisotopic (exact) mass is 315 g/mol. The SMILES string of the molecule is COC(=O)C(O)(c1c(C(C)C)[nH]c2ccccc12)C(F)(F)F. The number of benzene rings is 1. The molecule has 2 rings (SSSR count). The number of aromatic amines is 1. The molecule has 0 saturated carbocycles. The molecule has 2 aromatic rings. The van der Waals surface area contributed by atoms with Crippen LogP contribution in [0.2, 0.25) is 0 Å². The second-order valence-corrected chi connectivity index (χ2v) is 5.31. The van der Waals surface area contributed by atoms with Gasteiger partial charge in [0, 0.05) is 22.2 Å². The Balaban J connectivity index is 2.90.